The van der Waals surface area contributed by atoms with Gasteiger partial charge in [0, 0.05) is 0 Å². The Morgan fingerprint density at radius 3 is 0.701 bits per heavy atom. The molecule has 6 heterocycles. The van der Waals surface area contributed by atoms with E-state index < -0.39 is 235 Å². The number of hydrogen-bond donors (Lipinski definition) is 0. The predicted octanol–water partition coefficient (Wildman–Crippen LogP) is 5.09. The molecule has 8 aliphatic rings. The van der Waals surface area contributed by atoms with E-state index in [9.17, 15) is 132 Å². The fourth-order valence-corrected chi connectivity index (χ4v) is 23.3. The number of hydrogen-bond acceptors (Lipinski definition) is 55. The molecule has 0 spiro atoms. The number of esters is 3. The number of rotatable bonds is 64. The van der Waals surface area contributed by atoms with Gasteiger partial charge in [-0.3, -0.25) is 46.6 Å². The summed E-state index contributed by atoms with van der Waals surface area (Å²) in [7, 11) is -38.4. The van der Waals surface area contributed by atoms with E-state index in [2.05, 4.69) is 56.8 Å². The van der Waals surface area contributed by atoms with Crippen LogP contribution in [0.3, 0.4) is 0 Å². The molecule has 9 unspecified atom stereocenters. The molecule has 0 aromatic carbocycles. The molecule has 6 aliphatic heterocycles. The third kappa shape index (κ3) is 62.3. The van der Waals surface area contributed by atoms with Crippen LogP contribution in [0.25, 0.3) is 0 Å². The summed E-state index contributed by atoms with van der Waals surface area (Å²) in [4.78, 5) is 111. The zero-order valence-electron chi connectivity index (χ0n) is 80.7. The van der Waals surface area contributed by atoms with Crippen molar-refractivity contribution in [3.8, 4) is 0 Å². The highest BCUT2D eigenvalue weighted by Crippen LogP contribution is 2.25. The van der Waals surface area contributed by atoms with Crippen LogP contribution in [0.4, 0.5) is 28.8 Å². The maximum absolute atomic E-state index is 12.1. The topological polar surface area (TPSA) is 743 Å². The molecule has 0 radical (unpaired) electrons. The summed E-state index contributed by atoms with van der Waals surface area (Å²) in [6.45, 7) is 7.22. The Kier molecular flexibility index (Phi) is 57.1. The number of unbranched alkanes of at least 4 members (excludes halogenated alkanes) is 12. The van der Waals surface area contributed by atoms with Crippen molar-refractivity contribution in [2.24, 2.45) is 0 Å². The molecule has 838 valence electrons. The van der Waals surface area contributed by atoms with Crippen molar-refractivity contribution in [2.75, 3.05) is 143 Å². The quantitative estimate of drug-likeness (QED) is 0.0331. The van der Waals surface area contributed by atoms with E-state index in [0.717, 1.165) is 64.2 Å². The second-order valence-electron chi connectivity index (χ2n) is 34.2. The van der Waals surface area contributed by atoms with Crippen molar-refractivity contribution in [1.82, 2.24) is 0 Å². The molecule has 2 aliphatic carbocycles. The van der Waals surface area contributed by atoms with Gasteiger partial charge in [0.05, 0.1) is 57.5 Å². The van der Waals surface area contributed by atoms with Crippen LogP contribution in [0.5, 0.6) is 0 Å². The van der Waals surface area contributed by atoms with E-state index in [1.165, 1.54) is 27.7 Å². The number of ether oxygens (including phenoxy) is 15. The first-order chi connectivity index (χ1) is 67.1. The van der Waals surface area contributed by atoms with Crippen molar-refractivity contribution in [2.45, 2.75) is 295 Å². The molecule has 0 N–H and O–H groups in total. The van der Waals surface area contributed by atoms with E-state index in [1.807, 2.05) is 0 Å². The first-order valence-corrected chi connectivity index (χ1v) is 61.8. The molecule has 0 amide bonds. The molecule has 8 rings (SSSR count). The first-order valence-electron chi connectivity index (χ1n) is 46.0. The van der Waals surface area contributed by atoms with Gasteiger partial charge in [-0.2, -0.15) is 84.2 Å². The lowest BCUT2D eigenvalue weighted by Crippen LogP contribution is -2.33. The van der Waals surface area contributed by atoms with Crippen molar-refractivity contribution in [3.05, 3.63) is 0 Å². The standard InChI is InChI=1S/C23H40O10S2.C17H32O9S2.C14H22O12S2.C13H20O12S2.C12H18O12S2/c1-19(23(25)32-21-14-8-5-9-15-21)33-35(28,29)17-11-3-2-10-16-34(26,27)30-18-22(24)31-20-12-6-4-7-13-20;1-13(18)14(2)25-27(20,21)11-9-7-8-10-12-28(22,23)26-15(3)16(19)24-17(4,5)6;15-13-21-7-11(25-13)9-23-27(17,18)5-3-1-2-4-6-28(19,20)24-10-12-8-22-14(16)26-12;14-12-20-6-10(24-12)8-22-26(16,17)4-2-1-3-5-27(18,19)23-9-11-7-21-13(15)25-11;13-11-19-5-9(23-11)7-21-25(15,16)3-1-2-4-26(17,18)22-8-10-6-20-12(14)24-10/h19-21H,2-18H2,1H3;14-15H,7-12H2,1-6H3;11-12H,1-10H2;10-11H,1-9H2;9-10H,1-8H2. The average Bonchev–Trinajstić information content (AvgIpc) is 1.35. The average molecular weight is 2280 g/mol. The Balaban J connectivity index is 0.000000377. The summed E-state index contributed by atoms with van der Waals surface area (Å²) in [5, 5.41) is 0. The van der Waals surface area contributed by atoms with Crippen molar-refractivity contribution >= 4 is 162 Å². The molecule has 0 bridgehead atoms. The molecule has 8 fully saturated rings. The highest BCUT2D eigenvalue weighted by molar-refractivity contribution is 7.89. The van der Waals surface area contributed by atoms with Crippen molar-refractivity contribution in [3.63, 3.8) is 0 Å². The third-order valence-electron chi connectivity index (χ3n) is 20.0. The fraction of sp³-hybridized carbons (Fsp3) is 0.873. The monoisotopic (exact) mass is 2280 g/mol. The van der Waals surface area contributed by atoms with E-state index in [-0.39, 0.29) is 195 Å². The molecule has 2 saturated carbocycles. The van der Waals surface area contributed by atoms with Crippen LogP contribution in [0.15, 0.2) is 0 Å². The van der Waals surface area contributed by atoms with Gasteiger partial charge in [0.15, 0.2) is 61.2 Å². The molecule has 65 heteroatoms. The zero-order valence-corrected chi connectivity index (χ0v) is 88.9. The van der Waals surface area contributed by atoms with Crippen LogP contribution in [-0.2, 0) is 233 Å². The molecule has 144 heavy (non-hydrogen) atoms. The van der Waals surface area contributed by atoms with E-state index in [4.69, 9.17) is 56.0 Å². The Bertz CT molecular complexity index is 5080. The predicted molar refractivity (Wildman–Crippen MR) is 489 cm³/mol. The number of carbonyl (C=O) groups is 10. The van der Waals surface area contributed by atoms with Gasteiger partial charge in [-0.25, -0.2) is 43.2 Å². The second-order valence-corrected chi connectivity index (χ2v) is 51.7. The molecule has 0 aromatic rings. The summed E-state index contributed by atoms with van der Waals surface area (Å²) >= 11 is 0. The molecule has 6 saturated heterocycles. The molecule has 55 nitrogen and oxygen atoms in total. The maximum atomic E-state index is 12.1. The summed E-state index contributed by atoms with van der Waals surface area (Å²) in [5.74, 6) is -5.44. The third-order valence-corrected chi connectivity index (χ3v) is 33.1. The molecular formula is C79H132O55S10. The van der Waals surface area contributed by atoms with Crippen LogP contribution in [0, 0.1) is 0 Å². The maximum Gasteiger partial charge on any atom is 0.508 e. The van der Waals surface area contributed by atoms with E-state index in [0.29, 0.717) is 57.8 Å². The SMILES string of the molecule is CC(=O)C(C)OS(=O)(=O)CCCCCCS(=O)(=O)OC(C)C(=O)OC(C)(C)C.CC(OS(=O)(=O)CCCCCCS(=O)(=O)OCC(=O)OC1CCCCC1)C(=O)OC1CCCCC1.O=C1OCC(COS(=O)(=O)CCCCCCS(=O)(=O)OCC2COC(=O)O2)O1.O=C1OCC(COS(=O)(=O)CCCCCS(=O)(=O)OCC2COC(=O)O2)O1.O=C1OCC(COS(=O)(=O)CCCCS(=O)(=O)OCC2COC(=O)O2)O1. The summed E-state index contributed by atoms with van der Waals surface area (Å²) in [6.07, 6.45) is 0.939. The lowest BCUT2D eigenvalue weighted by atomic mass is 9.98. The summed E-state index contributed by atoms with van der Waals surface area (Å²) < 4.78 is 354. The van der Waals surface area contributed by atoms with Gasteiger partial charge in [-0.15, -0.1) is 0 Å². The minimum atomic E-state index is -3.91. The largest absolute Gasteiger partial charge is 0.508 e. The van der Waals surface area contributed by atoms with Gasteiger partial charge >= 0.3 is 54.8 Å². The van der Waals surface area contributed by atoms with Gasteiger partial charge in [0.25, 0.3) is 101 Å². The number of carbonyl (C=O) groups excluding carboxylic acids is 10. The lowest BCUT2D eigenvalue weighted by molar-refractivity contribution is -0.162. The summed E-state index contributed by atoms with van der Waals surface area (Å²) in [5.41, 5.74) is -0.745. The molecular weight excluding hydrogens is 2150 g/mol. The Morgan fingerprint density at radius 2 is 0.479 bits per heavy atom. The minimum absolute atomic E-state index is 0.0212. The fourth-order valence-electron chi connectivity index (χ4n) is 12.5. The highest BCUT2D eigenvalue weighted by atomic mass is 32.3. The Morgan fingerprint density at radius 1 is 0.278 bits per heavy atom. The van der Waals surface area contributed by atoms with Crippen LogP contribution < -0.4 is 0 Å². The van der Waals surface area contributed by atoms with Gasteiger partial charge in [0.2, 0.25) is 0 Å². The zero-order chi connectivity index (χ0) is 108. The van der Waals surface area contributed by atoms with Gasteiger partial charge in [-0.1, -0.05) is 57.8 Å². The van der Waals surface area contributed by atoms with Gasteiger partial charge < -0.3 is 71.1 Å². The van der Waals surface area contributed by atoms with Gasteiger partial charge in [0.1, 0.15) is 103 Å². The molecule has 9 atom stereocenters. The van der Waals surface area contributed by atoms with Gasteiger partial charge in [-0.05, 0) is 164 Å². The minimum Gasteiger partial charge on any atom is -0.461 e. The summed E-state index contributed by atoms with van der Waals surface area (Å²) in [6, 6.07) is 0. The molecule has 0 aromatic heterocycles. The van der Waals surface area contributed by atoms with E-state index >= 15 is 0 Å². The number of Topliss-reactive ketones (excluding diaryl/α,β-unsaturated/α-hetero) is 1. The van der Waals surface area contributed by atoms with Crippen LogP contribution in [0.1, 0.15) is 222 Å². The second kappa shape index (κ2) is 63.7. The van der Waals surface area contributed by atoms with E-state index in [1.54, 1.807) is 20.8 Å². The first kappa shape index (κ1) is 129. The highest BCUT2D eigenvalue weighted by Gasteiger charge is 2.37. The van der Waals surface area contributed by atoms with Crippen molar-refractivity contribution < 1.29 is 245 Å². The number of ketones is 1. The lowest BCUT2D eigenvalue weighted by Gasteiger charge is -2.23. The smallest absolute Gasteiger partial charge is 0.461 e. The Labute approximate surface area is 839 Å². The van der Waals surface area contributed by atoms with Crippen molar-refractivity contribution in [1.29, 1.82) is 0 Å². The van der Waals surface area contributed by atoms with Crippen LogP contribution in [0.2, 0.25) is 0 Å². The normalized spacial score (nSPS) is 20.4. The Hall–Kier alpha value is -7.20. The number of cyclic esters (lactones) is 12. The van der Waals surface area contributed by atoms with Crippen LogP contribution >= 0.6 is 0 Å². The van der Waals surface area contributed by atoms with Crippen LogP contribution in [-0.4, -0.2) is 361 Å².